The first kappa shape index (κ1) is 22.3. The standard InChI is InChI=1S/C24H29N7S2/c1-16-17(2)33-23-21(16)22(25)26-19(27-23)15-32-24-29-28-20(14-30-11-7-4-8-12-30)31(24)13-18-9-5-3-6-10-18/h3,5-6,9-10H,4,7-8,11-15H2,1-2H3,(H2,25,26,27). The Morgan fingerprint density at radius 1 is 1.00 bits per heavy atom. The van der Waals surface area contributed by atoms with Gasteiger partial charge in [-0.25, -0.2) is 9.97 Å². The second kappa shape index (κ2) is 9.79. The lowest BCUT2D eigenvalue weighted by Crippen LogP contribution is -2.30. The number of rotatable bonds is 7. The summed E-state index contributed by atoms with van der Waals surface area (Å²) in [4.78, 5) is 14.1. The van der Waals surface area contributed by atoms with E-state index in [0.29, 0.717) is 11.6 Å². The van der Waals surface area contributed by atoms with E-state index in [4.69, 9.17) is 10.7 Å². The van der Waals surface area contributed by atoms with Crippen molar-refractivity contribution in [2.75, 3.05) is 18.8 Å². The Morgan fingerprint density at radius 3 is 2.58 bits per heavy atom. The fourth-order valence-electron chi connectivity index (χ4n) is 4.31. The molecule has 0 saturated carbocycles. The number of hydrogen-bond donors (Lipinski definition) is 1. The molecule has 0 bridgehead atoms. The summed E-state index contributed by atoms with van der Waals surface area (Å²) in [7, 11) is 0. The van der Waals surface area contributed by atoms with Crippen LogP contribution in [0.5, 0.6) is 0 Å². The first-order valence-corrected chi connectivity index (χ1v) is 13.2. The molecule has 4 aromatic rings. The second-order valence-corrected chi connectivity index (χ2v) is 10.7. The Hall–Kier alpha value is -2.49. The van der Waals surface area contributed by atoms with Gasteiger partial charge < -0.3 is 10.3 Å². The third-order valence-electron chi connectivity index (χ3n) is 6.22. The normalized spacial score (nSPS) is 14.8. The van der Waals surface area contributed by atoms with E-state index < -0.39 is 0 Å². The molecule has 1 fully saturated rings. The number of benzene rings is 1. The average Bonchev–Trinajstić information content (AvgIpc) is 3.33. The summed E-state index contributed by atoms with van der Waals surface area (Å²) >= 11 is 3.30. The van der Waals surface area contributed by atoms with Gasteiger partial charge in [0, 0.05) is 4.88 Å². The van der Waals surface area contributed by atoms with Crippen molar-refractivity contribution in [1.82, 2.24) is 29.6 Å². The molecule has 0 radical (unpaired) electrons. The van der Waals surface area contributed by atoms with E-state index in [1.165, 1.54) is 35.3 Å². The number of nitrogens with zero attached hydrogens (tertiary/aromatic N) is 6. The van der Waals surface area contributed by atoms with Crippen molar-refractivity contribution in [1.29, 1.82) is 0 Å². The van der Waals surface area contributed by atoms with Crippen LogP contribution in [-0.2, 0) is 18.8 Å². The van der Waals surface area contributed by atoms with Gasteiger partial charge in [-0.2, -0.15) is 0 Å². The lowest BCUT2D eigenvalue weighted by molar-refractivity contribution is 0.213. The van der Waals surface area contributed by atoms with Gasteiger partial charge in [-0.05, 0) is 50.9 Å². The molecule has 3 aromatic heterocycles. The maximum Gasteiger partial charge on any atom is 0.192 e. The van der Waals surface area contributed by atoms with Crippen molar-refractivity contribution in [2.45, 2.75) is 57.1 Å². The molecule has 172 valence electrons. The smallest absolute Gasteiger partial charge is 0.192 e. The number of anilines is 1. The van der Waals surface area contributed by atoms with Gasteiger partial charge >= 0.3 is 0 Å². The van der Waals surface area contributed by atoms with Gasteiger partial charge in [-0.3, -0.25) is 4.90 Å². The molecular formula is C24H29N7S2. The molecule has 1 aliphatic rings. The van der Waals surface area contributed by atoms with Crippen molar-refractivity contribution in [3.63, 3.8) is 0 Å². The Balaban J connectivity index is 1.39. The predicted molar refractivity (Wildman–Crippen MR) is 136 cm³/mol. The van der Waals surface area contributed by atoms with Crippen LogP contribution in [0.25, 0.3) is 10.2 Å². The Bertz CT molecular complexity index is 1240. The summed E-state index contributed by atoms with van der Waals surface area (Å²) in [6.07, 6.45) is 3.85. The molecule has 0 atom stereocenters. The maximum absolute atomic E-state index is 6.29. The molecule has 33 heavy (non-hydrogen) atoms. The number of thioether (sulfide) groups is 1. The van der Waals surface area contributed by atoms with Crippen LogP contribution in [0.2, 0.25) is 0 Å². The number of thiophene rings is 1. The zero-order valence-electron chi connectivity index (χ0n) is 19.1. The number of piperidine rings is 1. The van der Waals surface area contributed by atoms with Crippen LogP contribution in [0.15, 0.2) is 35.5 Å². The molecule has 2 N–H and O–H groups in total. The molecular weight excluding hydrogens is 450 g/mol. The first-order chi connectivity index (χ1) is 16.1. The summed E-state index contributed by atoms with van der Waals surface area (Å²) in [5.74, 6) is 2.92. The minimum absolute atomic E-state index is 0.564. The highest BCUT2D eigenvalue weighted by Gasteiger charge is 2.19. The molecule has 9 heteroatoms. The van der Waals surface area contributed by atoms with Gasteiger partial charge in [0.2, 0.25) is 0 Å². The summed E-state index contributed by atoms with van der Waals surface area (Å²) < 4.78 is 2.25. The van der Waals surface area contributed by atoms with E-state index in [-0.39, 0.29) is 0 Å². The van der Waals surface area contributed by atoms with Crippen molar-refractivity contribution in [2.24, 2.45) is 0 Å². The molecule has 4 heterocycles. The zero-order valence-corrected chi connectivity index (χ0v) is 20.8. The number of nitrogen functional groups attached to an aromatic ring is 1. The molecule has 1 saturated heterocycles. The van der Waals surface area contributed by atoms with E-state index in [1.54, 1.807) is 23.1 Å². The van der Waals surface area contributed by atoms with Crippen LogP contribution < -0.4 is 5.73 Å². The number of hydrogen-bond acceptors (Lipinski definition) is 8. The highest BCUT2D eigenvalue weighted by atomic mass is 32.2. The predicted octanol–water partition coefficient (Wildman–Crippen LogP) is 4.81. The van der Waals surface area contributed by atoms with Crippen LogP contribution in [-0.4, -0.2) is 42.7 Å². The Morgan fingerprint density at radius 2 is 1.79 bits per heavy atom. The molecule has 0 spiro atoms. The number of nitrogens with two attached hydrogens (primary N) is 1. The van der Waals surface area contributed by atoms with E-state index in [0.717, 1.165) is 53.2 Å². The second-order valence-electron chi connectivity index (χ2n) is 8.58. The largest absolute Gasteiger partial charge is 0.383 e. The number of aromatic nitrogens is 5. The van der Waals surface area contributed by atoms with E-state index >= 15 is 0 Å². The van der Waals surface area contributed by atoms with Crippen LogP contribution in [0.3, 0.4) is 0 Å². The molecule has 1 aliphatic heterocycles. The van der Waals surface area contributed by atoms with Gasteiger partial charge in [-0.15, -0.1) is 21.5 Å². The van der Waals surface area contributed by atoms with Gasteiger partial charge in [0.15, 0.2) is 5.16 Å². The summed E-state index contributed by atoms with van der Waals surface area (Å²) in [6.45, 7) is 8.04. The van der Waals surface area contributed by atoms with E-state index in [1.807, 2.05) is 6.07 Å². The molecule has 0 aliphatic carbocycles. The lowest BCUT2D eigenvalue weighted by Gasteiger charge is -2.26. The Kier molecular flexibility index (Phi) is 6.62. The highest BCUT2D eigenvalue weighted by molar-refractivity contribution is 7.98. The van der Waals surface area contributed by atoms with E-state index in [9.17, 15) is 0 Å². The average molecular weight is 480 g/mol. The lowest BCUT2D eigenvalue weighted by atomic mass is 10.1. The van der Waals surface area contributed by atoms with Crippen LogP contribution >= 0.6 is 23.1 Å². The monoisotopic (exact) mass is 479 g/mol. The van der Waals surface area contributed by atoms with Gasteiger partial charge in [0.1, 0.15) is 22.3 Å². The third-order valence-corrected chi connectivity index (χ3v) is 8.29. The number of likely N-dealkylation sites (tertiary alicyclic amines) is 1. The van der Waals surface area contributed by atoms with Crippen molar-refractivity contribution < 1.29 is 0 Å². The van der Waals surface area contributed by atoms with Gasteiger partial charge in [-0.1, -0.05) is 48.5 Å². The topological polar surface area (TPSA) is 85.8 Å². The van der Waals surface area contributed by atoms with Crippen LogP contribution in [0, 0.1) is 13.8 Å². The zero-order chi connectivity index (χ0) is 22.8. The summed E-state index contributed by atoms with van der Waals surface area (Å²) in [5, 5.41) is 11.0. The van der Waals surface area contributed by atoms with Crippen molar-refractivity contribution in [3.8, 4) is 0 Å². The van der Waals surface area contributed by atoms with Crippen LogP contribution in [0.1, 0.15) is 46.9 Å². The first-order valence-electron chi connectivity index (χ1n) is 11.4. The minimum Gasteiger partial charge on any atom is -0.383 e. The van der Waals surface area contributed by atoms with Crippen molar-refractivity contribution in [3.05, 3.63) is 58.0 Å². The SMILES string of the molecule is Cc1sc2nc(CSc3nnc(CN4CCCCC4)n3Cc3ccccc3)nc(N)c2c1C. The summed E-state index contributed by atoms with van der Waals surface area (Å²) in [6, 6.07) is 10.5. The molecule has 0 unspecified atom stereocenters. The maximum atomic E-state index is 6.29. The van der Waals surface area contributed by atoms with Crippen molar-refractivity contribution >= 4 is 39.1 Å². The fourth-order valence-corrected chi connectivity index (χ4v) is 6.17. The van der Waals surface area contributed by atoms with Crippen LogP contribution in [0.4, 0.5) is 5.82 Å². The van der Waals surface area contributed by atoms with E-state index in [2.05, 4.69) is 62.8 Å². The molecule has 5 rings (SSSR count). The number of fused-ring (bicyclic) bond motifs is 1. The Labute approximate surface area is 202 Å². The molecule has 7 nitrogen and oxygen atoms in total. The third kappa shape index (κ3) is 4.90. The highest BCUT2D eigenvalue weighted by Crippen LogP contribution is 2.33. The summed E-state index contributed by atoms with van der Waals surface area (Å²) in [5.41, 5.74) is 8.71. The number of aryl methyl sites for hydroxylation is 2. The quantitative estimate of drug-likeness (QED) is 0.381. The van der Waals surface area contributed by atoms with Gasteiger partial charge in [0.25, 0.3) is 0 Å². The fraction of sp³-hybridized carbons (Fsp3) is 0.417. The van der Waals surface area contributed by atoms with Gasteiger partial charge in [0.05, 0.1) is 24.2 Å². The molecule has 0 amide bonds. The minimum atomic E-state index is 0.564. The molecule has 1 aromatic carbocycles.